The van der Waals surface area contributed by atoms with Gasteiger partial charge in [0.1, 0.15) is 17.9 Å². The molecule has 0 saturated carbocycles. The number of morpholine rings is 1. The molecule has 0 atom stereocenters. The van der Waals surface area contributed by atoms with E-state index in [2.05, 4.69) is 37.1 Å². The Balaban J connectivity index is 1.37. The van der Waals surface area contributed by atoms with Crippen LogP contribution in [0.2, 0.25) is 0 Å². The van der Waals surface area contributed by atoms with Gasteiger partial charge in [-0.1, -0.05) is 24.3 Å². The van der Waals surface area contributed by atoms with E-state index < -0.39 is 6.36 Å². The van der Waals surface area contributed by atoms with Crippen molar-refractivity contribution in [2.24, 2.45) is 0 Å². The number of anilines is 2. The van der Waals surface area contributed by atoms with Crippen LogP contribution < -0.4 is 10.1 Å². The van der Waals surface area contributed by atoms with Gasteiger partial charge in [-0.15, -0.1) is 13.2 Å². The first-order chi connectivity index (χ1) is 15.4. The largest absolute Gasteiger partial charge is 0.573 e. The Kier molecular flexibility index (Phi) is 6.87. The second-order valence-corrected chi connectivity index (χ2v) is 7.39. The van der Waals surface area contributed by atoms with E-state index in [-0.39, 0.29) is 5.75 Å². The molecule has 0 bridgehead atoms. The third kappa shape index (κ3) is 6.41. The van der Waals surface area contributed by atoms with E-state index in [0.717, 1.165) is 50.5 Å². The van der Waals surface area contributed by atoms with Crippen LogP contribution in [0.15, 0.2) is 60.9 Å². The Bertz CT molecular complexity index is 1010. The zero-order chi connectivity index (χ0) is 22.4. The zero-order valence-corrected chi connectivity index (χ0v) is 17.3. The first-order valence-electron chi connectivity index (χ1n) is 10.3. The fourth-order valence-corrected chi connectivity index (χ4v) is 3.43. The van der Waals surface area contributed by atoms with Gasteiger partial charge in [-0.25, -0.2) is 9.97 Å². The standard InChI is InChI=1S/C23H23F3N4O2/c24-23(25,26)32-20-7-5-19(6-8-20)29-22-15-21(27-16-28-22)18-3-1-17(2-4-18)9-10-30-11-13-31-14-12-30/h1-8,15-16H,9-14H2,(H,27,28,29). The molecule has 0 aliphatic carbocycles. The third-order valence-electron chi connectivity index (χ3n) is 5.10. The normalized spacial score (nSPS) is 14.8. The second kappa shape index (κ2) is 9.97. The minimum Gasteiger partial charge on any atom is -0.406 e. The first-order valence-corrected chi connectivity index (χ1v) is 10.3. The molecule has 0 radical (unpaired) electrons. The lowest BCUT2D eigenvalue weighted by Gasteiger charge is -2.26. The van der Waals surface area contributed by atoms with Crippen LogP contribution in [-0.2, 0) is 11.2 Å². The summed E-state index contributed by atoms with van der Waals surface area (Å²) in [6, 6.07) is 15.5. The van der Waals surface area contributed by atoms with Crippen LogP contribution >= 0.6 is 0 Å². The number of ether oxygens (including phenoxy) is 2. The van der Waals surface area contributed by atoms with Crippen LogP contribution in [0.5, 0.6) is 5.75 Å². The van der Waals surface area contributed by atoms with Gasteiger partial charge in [0.2, 0.25) is 0 Å². The summed E-state index contributed by atoms with van der Waals surface area (Å²) in [6.45, 7) is 4.57. The minimum absolute atomic E-state index is 0.278. The first kappa shape index (κ1) is 22.0. The molecule has 1 aliphatic heterocycles. The molecule has 9 heteroatoms. The quantitative estimate of drug-likeness (QED) is 0.572. The van der Waals surface area contributed by atoms with Crippen LogP contribution in [0.1, 0.15) is 5.56 Å². The van der Waals surface area contributed by atoms with Crippen molar-refractivity contribution in [3.05, 3.63) is 66.5 Å². The summed E-state index contributed by atoms with van der Waals surface area (Å²) in [5.74, 6) is 0.260. The van der Waals surface area contributed by atoms with E-state index in [9.17, 15) is 13.2 Å². The number of rotatable bonds is 7. The Hall–Kier alpha value is -3.17. The summed E-state index contributed by atoms with van der Waals surface area (Å²) >= 11 is 0. The molecule has 0 spiro atoms. The molecule has 6 nitrogen and oxygen atoms in total. The summed E-state index contributed by atoms with van der Waals surface area (Å²) in [6.07, 6.45) is -2.29. The average molecular weight is 444 g/mol. The van der Waals surface area contributed by atoms with E-state index >= 15 is 0 Å². The van der Waals surface area contributed by atoms with Crippen molar-refractivity contribution >= 4 is 11.5 Å². The van der Waals surface area contributed by atoms with Crippen LogP contribution in [0.4, 0.5) is 24.7 Å². The highest BCUT2D eigenvalue weighted by atomic mass is 19.4. The van der Waals surface area contributed by atoms with Crippen LogP contribution in [0, 0.1) is 0 Å². The monoisotopic (exact) mass is 444 g/mol. The summed E-state index contributed by atoms with van der Waals surface area (Å²) in [5, 5.41) is 3.07. The summed E-state index contributed by atoms with van der Waals surface area (Å²) in [5.41, 5.74) is 3.55. The van der Waals surface area contributed by atoms with Crippen LogP contribution in [0.3, 0.4) is 0 Å². The molecule has 1 aliphatic rings. The minimum atomic E-state index is -4.71. The van der Waals surface area contributed by atoms with Gasteiger partial charge < -0.3 is 14.8 Å². The number of nitrogens with zero attached hydrogens (tertiary/aromatic N) is 3. The molecular formula is C23H23F3N4O2. The van der Waals surface area contributed by atoms with Gasteiger partial charge in [0, 0.05) is 37.0 Å². The van der Waals surface area contributed by atoms with E-state index in [1.54, 1.807) is 6.07 Å². The number of hydrogen-bond donors (Lipinski definition) is 1. The third-order valence-corrected chi connectivity index (χ3v) is 5.10. The highest BCUT2D eigenvalue weighted by molar-refractivity contribution is 5.65. The second-order valence-electron chi connectivity index (χ2n) is 7.39. The van der Waals surface area contributed by atoms with Gasteiger partial charge in [-0.2, -0.15) is 0 Å². The molecule has 0 unspecified atom stereocenters. The highest BCUT2D eigenvalue weighted by Crippen LogP contribution is 2.26. The Morgan fingerprint density at radius 2 is 1.69 bits per heavy atom. The lowest BCUT2D eigenvalue weighted by molar-refractivity contribution is -0.274. The van der Waals surface area contributed by atoms with Gasteiger partial charge in [0.05, 0.1) is 18.9 Å². The molecule has 1 aromatic heterocycles. The predicted molar refractivity (Wildman–Crippen MR) is 115 cm³/mol. The lowest BCUT2D eigenvalue weighted by atomic mass is 10.1. The van der Waals surface area contributed by atoms with Crippen molar-refractivity contribution in [3.8, 4) is 17.0 Å². The number of aromatic nitrogens is 2. The fraction of sp³-hybridized carbons (Fsp3) is 0.304. The zero-order valence-electron chi connectivity index (χ0n) is 17.3. The van der Waals surface area contributed by atoms with E-state index in [0.29, 0.717) is 11.5 Å². The summed E-state index contributed by atoms with van der Waals surface area (Å²) in [7, 11) is 0. The van der Waals surface area contributed by atoms with E-state index in [1.807, 2.05) is 12.1 Å². The number of nitrogens with one attached hydrogen (secondary N) is 1. The van der Waals surface area contributed by atoms with Crippen molar-refractivity contribution < 1.29 is 22.6 Å². The van der Waals surface area contributed by atoms with Gasteiger partial charge in [0.15, 0.2) is 0 Å². The maximum Gasteiger partial charge on any atom is 0.573 e. The number of alkyl halides is 3. The SMILES string of the molecule is FC(F)(F)Oc1ccc(Nc2cc(-c3ccc(CCN4CCOCC4)cc3)ncn2)cc1. The van der Waals surface area contributed by atoms with Crippen molar-refractivity contribution in [1.82, 2.24) is 14.9 Å². The number of hydrogen-bond acceptors (Lipinski definition) is 6. The van der Waals surface area contributed by atoms with Crippen molar-refractivity contribution in [2.75, 3.05) is 38.2 Å². The maximum absolute atomic E-state index is 12.3. The number of halogens is 3. The topological polar surface area (TPSA) is 59.5 Å². The van der Waals surface area contributed by atoms with Gasteiger partial charge in [-0.3, -0.25) is 4.90 Å². The molecule has 168 valence electrons. The molecular weight excluding hydrogens is 421 g/mol. The Labute approximate surface area is 184 Å². The smallest absolute Gasteiger partial charge is 0.406 e. The van der Waals surface area contributed by atoms with Crippen LogP contribution in [-0.4, -0.2) is 54.1 Å². The molecule has 4 rings (SSSR count). The molecule has 1 fully saturated rings. The van der Waals surface area contributed by atoms with Crippen molar-refractivity contribution in [3.63, 3.8) is 0 Å². The van der Waals surface area contributed by atoms with Crippen molar-refractivity contribution in [1.29, 1.82) is 0 Å². The van der Waals surface area contributed by atoms with Gasteiger partial charge in [-0.05, 0) is 36.2 Å². The molecule has 1 N–H and O–H groups in total. The Morgan fingerprint density at radius 1 is 0.969 bits per heavy atom. The maximum atomic E-state index is 12.3. The fourth-order valence-electron chi connectivity index (χ4n) is 3.43. The van der Waals surface area contributed by atoms with Gasteiger partial charge in [0.25, 0.3) is 0 Å². The van der Waals surface area contributed by atoms with E-state index in [4.69, 9.17) is 4.74 Å². The Morgan fingerprint density at radius 3 is 2.38 bits per heavy atom. The average Bonchev–Trinajstić information content (AvgIpc) is 2.79. The molecule has 1 saturated heterocycles. The molecule has 2 aromatic carbocycles. The van der Waals surface area contributed by atoms with Crippen LogP contribution in [0.25, 0.3) is 11.3 Å². The van der Waals surface area contributed by atoms with E-state index in [1.165, 1.54) is 36.2 Å². The predicted octanol–water partition coefficient (Wildman–Crippen LogP) is 4.66. The molecule has 3 aromatic rings. The highest BCUT2D eigenvalue weighted by Gasteiger charge is 2.30. The summed E-state index contributed by atoms with van der Waals surface area (Å²) in [4.78, 5) is 10.9. The van der Waals surface area contributed by atoms with Gasteiger partial charge >= 0.3 is 6.36 Å². The number of benzene rings is 2. The molecule has 0 amide bonds. The summed E-state index contributed by atoms with van der Waals surface area (Å²) < 4.78 is 46.1. The van der Waals surface area contributed by atoms with Crippen molar-refractivity contribution in [2.45, 2.75) is 12.8 Å². The molecule has 2 heterocycles. The molecule has 32 heavy (non-hydrogen) atoms. The lowest BCUT2D eigenvalue weighted by Crippen LogP contribution is -2.37.